The number of carbonyl (C=O) groups excluding carboxylic acids is 3. The number of hydrogen-bond acceptors (Lipinski definition) is 4. The minimum atomic E-state index is -0.786. The average Bonchev–Trinajstić information content (AvgIpc) is 2.53. The minimum absolute atomic E-state index is 0.132. The molecule has 0 radical (unpaired) electrons. The Kier molecular flexibility index (Phi) is 5.23. The van der Waals surface area contributed by atoms with E-state index in [0.29, 0.717) is 17.8 Å². The summed E-state index contributed by atoms with van der Waals surface area (Å²) in [4.78, 5) is 37.4. The second-order valence-corrected chi connectivity index (χ2v) is 6.80. The highest BCUT2D eigenvalue weighted by molar-refractivity contribution is 5.98. The number of rotatable bonds is 3. The van der Waals surface area contributed by atoms with Crippen molar-refractivity contribution in [2.24, 2.45) is 11.1 Å². The maximum Gasteiger partial charge on any atom is 0.254 e. The molecule has 1 atom stereocenters. The largest absolute Gasteiger partial charge is 0.367 e. The molecule has 1 heterocycles. The van der Waals surface area contributed by atoms with Crippen LogP contribution in [0.4, 0.5) is 5.69 Å². The van der Waals surface area contributed by atoms with Crippen LogP contribution in [0, 0.1) is 5.41 Å². The molecule has 0 aliphatic carbocycles. The maximum atomic E-state index is 12.6. The van der Waals surface area contributed by atoms with E-state index in [0.717, 1.165) is 0 Å². The highest BCUT2D eigenvalue weighted by atomic mass is 16.5. The normalized spacial score (nSPS) is 18.1. The summed E-state index contributed by atoms with van der Waals surface area (Å²) in [5.41, 5.74) is 5.70. The van der Waals surface area contributed by atoms with Gasteiger partial charge < -0.3 is 20.7 Å². The van der Waals surface area contributed by atoms with Crippen LogP contribution in [0.1, 0.15) is 31.1 Å². The monoisotopic (exact) mass is 333 g/mol. The highest BCUT2D eigenvalue weighted by Gasteiger charge is 2.28. The first-order valence-corrected chi connectivity index (χ1v) is 7.80. The number of anilines is 1. The van der Waals surface area contributed by atoms with Crippen molar-refractivity contribution in [3.63, 3.8) is 0 Å². The number of nitrogens with one attached hydrogen (secondary N) is 1. The standard InChI is InChI=1S/C17H23N3O4/c1-17(2,3)16(23)19-12-6-4-5-11(9-12)15(22)20-7-8-24-13(10-20)14(18)21/h4-6,9,13H,7-8,10H2,1-3H3,(H2,18,21)(H,19,23). The molecule has 7 nitrogen and oxygen atoms in total. The van der Waals surface area contributed by atoms with Crippen LogP contribution in [0.2, 0.25) is 0 Å². The van der Waals surface area contributed by atoms with Crippen molar-refractivity contribution in [2.75, 3.05) is 25.0 Å². The Balaban J connectivity index is 2.11. The summed E-state index contributed by atoms with van der Waals surface area (Å²) in [7, 11) is 0. The third-order valence-electron chi connectivity index (χ3n) is 3.72. The summed E-state index contributed by atoms with van der Waals surface area (Å²) < 4.78 is 5.24. The van der Waals surface area contributed by atoms with Gasteiger partial charge in [-0.1, -0.05) is 26.8 Å². The molecule has 3 amide bonds. The zero-order chi connectivity index (χ0) is 17.9. The van der Waals surface area contributed by atoms with Gasteiger partial charge in [-0.05, 0) is 18.2 Å². The van der Waals surface area contributed by atoms with Crippen molar-refractivity contribution in [1.82, 2.24) is 4.90 Å². The van der Waals surface area contributed by atoms with E-state index in [1.807, 2.05) is 20.8 Å². The second-order valence-electron chi connectivity index (χ2n) is 6.80. The Bertz CT molecular complexity index is 651. The van der Waals surface area contributed by atoms with Gasteiger partial charge in [0.25, 0.3) is 5.91 Å². The minimum Gasteiger partial charge on any atom is -0.367 e. The van der Waals surface area contributed by atoms with E-state index in [1.54, 1.807) is 24.3 Å². The van der Waals surface area contributed by atoms with E-state index in [2.05, 4.69) is 5.32 Å². The quantitative estimate of drug-likeness (QED) is 0.861. The van der Waals surface area contributed by atoms with Crippen LogP contribution in [-0.4, -0.2) is 48.4 Å². The number of hydrogen-bond donors (Lipinski definition) is 2. The molecule has 3 N–H and O–H groups in total. The predicted molar refractivity (Wildman–Crippen MR) is 89.4 cm³/mol. The van der Waals surface area contributed by atoms with E-state index in [1.165, 1.54) is 4.90 Å². The Morgan fingerprint density at radius 1 is 1.29 bits per heavy atom. The van der Waals surface area contributed by atoms with Crippen molar-refractivity contribution in [3.8, 4) is 0 Å². The van der Waals surface area contributed by atoms with Gasteiger partial charge in [0, 0.05) is 23.2 Å². The number of nitrogens with zero attached hydrogens (tertiary/aromatic N) is 1. The third-order valence-corrected chi connectivity index (χ3v) is 3.72. The highest BCUT2D eigenvalue weighted by Crippen LogP contribution is 2.19. The Morgan fingerprint density at radius 3 is 2.62 bits per heavy atom. The van der Waals surface area contributed by atoms with Crippen LogP contribution in [0.15, 0.2) is 24.3 Å². The first-order valence-electron chi connectivity index (χ1n) is 7.80. The lowest BCUT2D eigenvalue weighted by Crippen LogP contribution is -2.50. The van der Waals surface area contributed by atoms with Gasteiger partial charge >= 0.3 is 0 Å². The maximum absolute atomic E-state index is 12.6. The van der Waals surface area contributed by atoms with Crippen LogP contribution < -0.4 is 11.1 Å². The van der Waals surface area contributed by atoms with E-state index in [-0.39, 0.29) is 25.0 Å². The molecular weight excluding hydrogens is 310 g/mol. The fourth-order valence-corrected chi connectivity index (χ4v) is 2.24. The van der Waals surface area contributed by atoms with Crippen molar-refractivity contribution < 1.29 is 19.1 Å². The molecule has 1 fully saturated rings. The number of primary amides is 1. The summed E-state index contributed by atoms with van der Waals surface area (Å²) in [5, 5.41) is 2.80. The van der Waals surface area contributed by atoms with Gasteiger partial charge in [-0.15, -0.1) is 0 Å². The van der Waals surface area contributed by atoms with Gasteiger partial charge in [0.2, 0.25) is 11.8 Å². The van der Waals surface area contributed by atoms with Gasteiger partial charge in [-0.3, -0.25) is 14.4 Å². The number of carbonyl (C=O) groups is 3. The molecule has 24 heavy (non-hydrogen) atoms. The predicted octanol–water partition coefficient (Wildman–Crippen LogP) is 0.998. The molecule has 0 spiro atoms. The molecule has 1 aliphatic rings. The first kappa shape index (κ1) is 17.9. The van der Waals surface area contributed by atoms with E-state index in [9.17, 15) is 14.4 Å². The molecule has 0 aromatic heterocycles. The molecule has 1 saturated heterocycles. The Labute approximate surface area is 141 Å². The van der Waals surface area contributed by atoms with Crippen LogP contribution in [0.3, 0.4) is 0 Å². The lowest BCUT2D eigenvalue weighted by Gasteiger charge is -2.31. The number of morpholine rings is 1. The molecule has 2 rings (SSSR count). The summed E-state index contributed by atoms with van der Waals surface area (Å²) >= 11 is 0. The lowest BCUT2D eigenvalue weighted by atomic mass is 9.95. The molecule has 0 saturated carbocycles. The molecule has 1 aliphatic heterocycles. The number of amides is 3. The number of ether oxygens (including phenoxy) is 1. The van der Waals surface area contributed by atoms with Crippen LogP contribution >= 0.6 is 0 Å². The summed E-state index contributed by atoms with van der Waals surface area (Å²) in [6.45, 7) is 6.23. The Morgan fingerprint density at radius 2 is 2.00 bits per heavy atom. The fraction of sp³-hybridized carbons (Fsp3) is 0.471. The zero-order valence-corrected chi connectivity index (χ0v) is 14.2. The van der Waals surface area contributed by atoms with E-state index >= 15 is 0 Å². The van der Waals surface area contributed by atoms with Crippen molar-refractivity contribution >= 4 is 23.4 Å². The molecule has 1 aromatic carbocycles. The molecule has 7 heteroatoms. The van der Waals surface area contributed by atoms with Gasteiger partial charge in [0.15, 0.2) is 6.10 Å². The number of benzene rings is 1. The molecule has 0 bridgehead atoms. The van der Waals surface area contributed by atoms with Crippen LogP contribution in [0.5, 0.6) is 0 Å². The molecule has 1 unspecified atom stereocenters. The zero-order valence-electron chi connectivity index (χ0n) is 14.2. The number of nitrogens with two attached hydrogens (primary N) is 1. The summed E-state index contributed by atoms with van der Waals surface area (Å²) in [5.74, 6) is -0.942. The molecule has 130 valence electrons. The second kappa shape index (κ2) is 7.00. The van der Waals surface area contributed by atoms with E-state index < -0.39 is 17.4 Å². The van der Waals surface area contributed by atoms with Gasteiger partial charge in [-0.2, -0.15) is 0 Å². The summed E-state index contributed by atoms with van der Waals surface area (Å²) in [6, 6.07) is 6.73. The molecule has 1 aromatic rings. The SMILES string of the molecule is CC(C)(C)C(=O)Nc1cccc(C(=O)N2CCOC(C(N)=O)C2)c1. The van der Waals surface area contributed by atoms with Gasteiger partial charge in [-0.25, -0.2) is 0 Å². The van der Waals surface area contributed by atoms with E-state index in [4.69, 9.17) is 10.5 Å². The van der Waals surface area contributed by atoms with Crippen LogP contribution in [-0.2, 0) is 14.3 Å². The van der Waals surface area contributed by atoms with Gasteiger partial charge in [0.05, 0.1) is 13.2 Å². The van der Waals surface area contributed by atoms with Crippen molar-refractivity contribution in [1.29, 1.82) is 0 Å². The lowest BCUT2D eigenvalue weighted by molar-refractivity contribution is -0.133. The van der Waals surface area contributed by atoms with Crippen LogP contribution in [0.25, 0.3) is 0 Å². The van der Waals surface area contributed by atoms with Crippen molar-refractivity contribution in [3.05, 3.63) is 29.8 Å². The average molecular weight is 333 g/mol. The summed E-state index contributed by atoms with van der Waals surface area (Å²) in [6.07, 6.45) is -0.786. The third kappa shape index (κ3) is 4.32. The first-order chi connectivity index (χ1) is 11.2. The smallest absolute Gasteiger partial charge is 0.254 e. The fourth-order valence-electron chi connectivity index (χ4n) is 2.24. The van der Waals surface area contributed by atoms with Gasteiger partial charge in [0.1, 0.15) is 0 Å². The van der Waals surface area contributed by atoms with Crippen molar-refractivity contribution in [2.45, 2.75) is 26.9 Å². The molecular formula is C17H23N3O4. The Hall–Kier alpha value is -2.41. The topological polar surface area (TPSA) is 102 Å².